The average molecular weight is 306 g/mol. The van der Waals surface area contributed by atoms with E-state index >= 15 is 0 Å². The Kier molecular flexibility index (Phi) is 4.53. The molecule has 0 bridgehead atoms. The lowest BCUT2D eigenvalue weighted by molar-refractivity contribution is 0.510. The zero-order chi connectivity index (χ0) is 14.0. The quantitative estimate of drug-likeness (QED) is 0.886. The van der Waals surface area contributed by atoms with Gasteiger partial charge in [0, 0.05) is 13.6 Å². The lowest BCUT2D eigenvalue weighted by atomic mass is 10.1. The maximum absolute atomic E-state index is 11.4. The second-order valence-corrected chi connectivity index (χ2v) is 7.69. The normalized spacial score (nSPS) is 21.9. The van der Waals surface area contributed by atoms with Gasteiger partial charge in [-0.2, -0.15) is 5.10 Å². The predicted octanol–water partition coefficient (Wildman–Crippen LogP) is 1.16. The van der Waals surface area contributed by atoms with Crippen molar-refractivity contribution in [1.82, 2.24) is 15.1 Å². The second kappa shape index (κ2) is 5.81. The topological polar surface area (TPSA) is 64.0 Å². The molecule has 0 spiro atoms. The minimum absolute atomic E-state index is 0.225. The molecule has 0 radical (unpaired) electrons. The summed E-state index contributed by atoms with van der Waals surface area (Å²) in [6.07, 6.45) is 1.57. The van der Waals surface area contributed by atoms with Gasteiger partial charge in [0.15, 0.2) is 9.84 Å². The van der Waals surface area contributed by atoms with E-state index in [1.807, 2.05) is 14.0 Å². The number of nitrogens with zero attached hydrogens (tertiary/aromatic N) is 2. The van der Waals surface area contributed by atoms with Gasteiger partial charge in [-0.15, -0.1) is 0 Å². The van der Waals surface area contributed by atoms with Gasteiger partial charge in [0.2, 0.25) is 0 Å². The Morgan fingerprint density at radius 1 is 1.53 bits per heavy atom. The van der Waals surface area contributed by atoms with Crippen LogP contribution in [0.15, 0.2) is 0 Å². The van der Waals surface area contributed by atoms with Crippen LogP contribution in [-0.2, 0) is 29.9 Å². The Morgan fingerprint density at radius 2 is 2.26 bits per heavy atom. The van der Waals surface area contributed by atoms with E-state index in [1.54, 1.807) is 4.68 Å². The number of nitrogens with one attached hydrogen (secondary N) is 1. The summed E-state index contributed by atoms with van der Waals surface area (Å²) in [4.78, 5) is 0. The highest BCUT2D eigenvalue weighted by molar-refractivity contribution is 7.91. The van der Waals surface area contributed by atoms with Crippen LogP contribution in [0.2, 0.25) is 5.02 Å². The first-order valence-corrected chi connectivity index (χ1v) is 8.74. The molecule has 1 aromatic rings. The fourth-order valence-corrected chi connectivity index (χ4v) is 4.66. The molecule has 1 atom stereocenters. The van der Waals surface area contributed by atoms with Gasteiger partial charge in [0.1, 0.15) is 0 Å². The number of hydrogen-bond donors (Lipinski definition) is 1. The van der Waals surface area contributed by atoms with E-state index in [4.69, 9.17) is 11.6 Å². The average Bonchev–Trinajstić information content (AvgIpc) is 2.82. The van der Waals surface area contributed by atoms with Crippen LogP contribution in [0.3, 0.4) is 0 Å². The molecule has 2 heterocycles. The maximum atomic E-state index is 11.4. The van der Waals surface area contributed by atoms with Gasteiger partial charge in [-0.3, -0.25) is 4.68 Å². The Bertz CT molecular complexity index is 554. The van der Waals surface area contributed by atoms with E-state index in [2.05, 4.69) is 10.4 Å². The highest BCUT2D eigenvalue weighted by Crippen LogP contribution is 2.21. The Labute approximate surface area is 119 Å². The zero-order valence-corrected chi connectivity index (χ0v) is 12.9. The Balaban J connectivity index is 1.88. The molecular formula is C12H20ClN3O2S. The van der Waals surface area contributed by atoms with E-state index < -0.39 is 9.84 Å². The zero-order valence-electron chi connectivity index (χ0n) is 11.3. The van der Waals surface area contributed by atoms with Crippen molar-refractivity contribution in [3.63, 3.8) is 0 Å². The van der Waals surface area contributed by atoms with Crippen molar-refractivity contribution in [3.05, 3.63) is 16.4 Å². The predicted molar refractivity (Wildman–Crippen MR) is 76.1 cm³/mol. The third kappa shape index (κ3) is 3.49. The van der Waals surface area contributed by atoms with E-state index in [9.17, 15) is 8.42 Å². The SMILES string of the molecule is CCc1nn(C)c(CNCC2CCS(=O)(=O)C2)c1Cl. The van der Waals surface area contributed by atoms with Gasteiger partial charge in [-0.25, -0.2) is 8.42 Å². The monoisotopic (exact) mass is 305 g/mol. The molecule has 1 aromatic heterocycles. The minimum Gasteiger partial charge on any atom is -0.311 e. The summed E-state index contributed by atoms with van der Waals surface area (Å²) >= 11 is 6.25. The molecule has 1 aliphatic rings. The highest BCUT2D eigenvalue weighted by atomic mass is 35.5. The first-order chi connectivity index (χ1) is 8.93. The summed E-state index contributed by atoms with van der Waals surface area (Å²) in [6, 6.07) is 0. The number of halogens is 1. The van der Waals surface area contributed by atoms with Crippen LogP contribution in [0.25, 0.3) is 0 Å². The third-order valence-electron chi connectivity index (χ3n) is 3.56. The van der Waals surface area contributed by atoms with Gasteiger partial charge in [-0.05, 0) is 25.3 Å². The van der Waals surface area contributed by atoms with Gasteiger partial charge in [0.25, 0.3) is 0 Å². The molecule has 1 N–H and O–H groups in total. The van der Waals surface area contributed by atoms with Gasteiger partial charge in [-0.1, -0.05) is 18.5 Å². The van der Waals surface area contributed by atoms with Crippen LogP contribution in [0.1, 0.15) is 24.7 Å². The molecule has 108 valence electrons. The smallest absolute Gasteiger partial charge is 0.150 e. The van der Waals surface area contributed by atoms with Crippen molar-refractivity contribution in [2.75, 3.05) is 18.1 Å². The molecule has 0 amide bonds. The second-order valence-electron chi connectivity index (χ2n) is 5.08. The molecule has 1 fully saturated rings. The van der Waals surface area contributed by atoms with Crippen LogP contribution in [0, 0.1) is 5.92 Å². The molecule has 19 heavy (non-hydrogen) atoms. The van der Waals surface area contributed by atoms with Crippen molar-refractivity contribution >= 4 is 21.4 Å². The van der Waals surface area contributed by atoms with E-state index in [0.717, 1.165) is 29.3 Å². The summed E-state index contributed by atoms with van der Waals surface area (Å²) in [5.41, 5.74) is 1.86. The number of rotatable bonds is 5. The number of hydrogen-bond acceptors (Lipinski definition) is 4. The standard InChI is InChI=1S/C12H20ClN3O2S/c1-3-10-12(13)11(16(2)15-10)7-14-6-9-4-5-19(17,18)8-9/h9,14H,3-8H2,1-2H3. The van der Waals surface area contributed by atoms with Crippen LogP contribution in [0.5, 0.6) is 0 Å². The molecule has 0 saturated carbocycles. The number of aryl methyl sites for hydroxylation is 2. The first kappa shape index (κ1) is 14.8. The van der Waals surface area contributed by atoms with Crippen molar-refractivity contribution in [3.8, 4) is 0 Å². The van der Waals surface area contributed by atoms with Crippen molar-refractivity contribution < 1.29 is 8.42 Å². The summed E-state index contributed by atoms with van der Waals surface area (Å²) in [7, 11) is -0.913. The number of sulfone groups is 1. The fraction of sp³-hybridized carbons (Fsp3) is 0.750. The van der Waals surface area contributed by atoms with Crippen LogP contribution < -0.4 is 5.32 Å². The summed E-state index contributed by atoms with van der Waals surface area (Å²) in [5, 5.41) is 8.36. The van der Waals surface area contributed by atoms with Crippen LogP contribution >= 0.6 is 11.6 Å². The molecule has 7 heteroatoms. The van der Waals surface area contributed by atoms with E-state index in [-0.39, 0.29) is 5.92 Å². The molecule has 2 rings (SSSR count). The molecule has 0 aromatic carbocycles. The summed E-state index contributed by atoms with van der Waals surface area (Å²) in [5.74, 6) is 0.855. The summed E-state index contributed by atoms with van der Waals surface area (Å²) in [6.45, 7) is 3.36. The van der Waals surface area contributed by atoms with Gasteiger partial charge >= 0.3 is 0 Å². The molecule has 5 nitrogen and oxygen atoms in total. The largest absolute Gasteiger partial charge is 0.311 e. The molecule has 1 unspecified atom stereocenters. The van der Waals surface area contributed by atoms with Crippen molar-refractivity contribution in [2.24, 2.45) is 13.0 Å². The minimum atomic E-state index is -2.79. The molecular weight excluding hydrogens is 286 g/mol. The summed E-state index contributed by atoms with van der Waals surface area (Å²) < 4.78 is 24.5. The maximum Gasteiger partial charge on any atom is 0.150 e. The van der Waals surface area contributed by atoms with Gasteiger partial charge < -0.3 is 5.32 Å². The van der Waals surface area contributed by atoms with E-state index in [1.165, 1.54) is 0 Å². The first-order valence-electron chi connectivity index (χ1n) is 6.54. The van der Waals surface area contributed by atoms with Crippen molar-refractivity contribution in [1.29, 1.82) is 0 Å². The van der Waals surface area contributed by atoms with Crippen LogP contribution in [-0.4, -0.2) is 36.2 Å². The molecule has 1 aliphatic heterocycles. The van der Waals surface area contributed by atoms with Gasteiger partial charge in [0.05, 0.1) is 27.9 Å². The molecule has 1 saturated heterocycles. The number of aromatic nitrogens is 2. The third-order valence-corrected chi connectivity index (χ3v) is 5.83. The lowest BCUT2D eigenvalue weighted by Crippen LogP contribution is -2.24. The lowest BCUT2D eigenvalue weighted by Gasteiger charge is -2.09. The Morgan fingerprint density at radius 3 is 2.79 bits per heavy atom. The van der Waals surface area contributed by atoms with Crippen LogP contribution in [0.4, 0.5) is 0 Å². The Hall–Kier alpha value is -0.590. The highest BCUT2D eigenvalue weighted by Gasteiger charge is 2.27. The van der Waals surface area contributed by atoms with Crippen molar-refractivity contribution in [2.45, 2.75) is 26.3 Å². The fourth-order valence-electron chi connectivity index (χ4n) is 2.44. The van der Waals surface area contributed by atoms with E-state index in [0.29, 0.717) is 24.6 Å². The molecule has 0 aliphatic carbocycles.